The number of ketones is 1. The van der Waals surface area contributed by atoms with E-state index in [9.17, 15) is 4.79 Å². The summed E-state index contributed by atoms with van der Waals surface area (Å²) >= 11 is 6.29. The number of halogens is 2. The van der Waals surface area contributed by atoms with E-state index in [4.69, 9.17) is 0 Å². The van der Waals surface area contributed by atoms with Crippen molar-refractivity contribution in [1.29, 1.82) is 0 Å². The number of hydrogen-bond donors (Lipinski definition) is 0. The third kappa shape index (κ3) is 3.72. The van der Waals surface area contributed by atoms with E-state index in [-0.39, 0.29) is 10.6 Å². The Morgan fingerprint density at radius 3 is 2.67 bits per heavy atom. The van der Waals surface area contributed by atoms with Gasteiger partial charge in [0, 0.05) is 5.33 Å². The first-order valence-corrected chi connectivity index (χ1v) is 4.42. The molecule has 1 unspecified atom stereocenters. The molecule has 0 saturated heterocycles. The van der Waals surface area contributed by atoms with Crippen molar-refractivity contribution < 1.29 is 4.79 Å². The highest BCUT2D eigenvalue weighted by molar-refractivity contribution is 9.12. The van der Waals surface area contributed by atoms with Gasteiger partial charge in [-0.25, -0.2) is 0 Å². The zero-order chi connectivity index (χ0) is 7.28. The molecule has 50 valence electrons. The largest absolute Gasteiger partial charge is 0.284 e. The van der Waals surface area contributed by atoms with Crippen LogP contribution in [0.15, 0.2) is 0 Å². The van der Waals surface area contributed by atoms with E-state index in [1.54, 1.807) is 6.92 Å². The van der Waals surface area contributed by atoms with Gasteiger partial charge in [0.05, 0.1) is 4.83 Å². The minimum absolute atomic E-state index is 0.0747. The molecule has 0 amide bonds. The lowest BCUT2D eigenvalue weighted by atomic mass is 10.3. The van der Waals surface area contributed by atoms with E-state index in [1.165, 1.54) is 0 Å². The summed E-state index contributed by atoms with van der Waals surface area (Å²) in [5.41, 5.74) is 0. The molecule has 9 heavy (non-hydrogen) atoms. The Balaban J connectivity index is 3.83. The van der Waals surface area contributed by atoms with Crippen LogP contribution in [0.3, 0.4) is 0 Å². The maximum atomic E-state index is 10.7. The van der Waals surface area contributed by atoms with E-state index in [2.05, 4.69) is 43.7 Å². The normalized spacial score (nSPS) is 11.4. The average Bonchev–Trinajstić information content (AvgIpc) is 1.87. The van der Waals surface area contributed by atoms with Crippen molar-refractivity contribution in [2.24, 2.45) is 0 Å². The molecule has 0 aliphatic carbocycles. The molecule has 0 aromatic heterocycles. The fourth-order valence-electron chi connectivity index (χ4n) is 0.272. The van der Waals surface area contributed by atoms with Crippen molar-refractivity contribution in [3.05, 3.63) is 0 Å². The molecule has 0 spiro atoms. The summed E-state index contributed by atoms with van der Waals surface area (Å²) < 4.78 is 0. The third-order valence-electron chi connectivity index (χ3n) is 0.668. The Kier molecular flexibility index (Phi) is 5.12. The lowest BCUT2D eigenvalue weighted by Gasteiger charge is -1.94. The quantitative estimate of drug-likeness (QED) is 0.416. The van der Waals surface area contributed by atoms with Crippen LogP contribution in [-0.2, 0) is 4.79 Å². The van der Waals surface area contributed by atoms with Crippen molar-refractivity contribution in [1.82, 2.24) is 0 Å². The number of hydrogen-bond acceptors (Lipinski definition) is 1. The fraction of sp³-hybridized carbons (Fsp3) is 0.500. The van der Waals surface area contributed by atoms with E-state index in [0.29, 0.717) is 5.33 Å². The molecule has 0 aliphatic heterocycles. The Labute approximate surface area is 71.5 Å². The number of carbonyl (C=O) groups is 1. The highest BCUT2D eigenvalue weighted by atomic mass is 79.9. The predicted molar refractivity (Wildman–Crippen MR) is 45.0 cm³/mol. The van der Waals surface area contributed by atoms with E-state index in [1.807, 2.05) is 0 Å². The zero-order valence-electron chi connectivity index (χ0n) is 4.95. The average molecular weight is 254 g/mol. The minimum Gasteiger partial charge on any atom is -0.284 e. The highest BCUT2D eigenvalue weighted by Gasteiger charge is 2.08. The van der Waals surface area contributed by atoms with Crippen LogP contribution in [0.25, 0.3) is 0 Å². The molecular formula is C6H6Br2O. The summed E-state index contributed by atoms with van der Waals surface area (Å²) in [6.45, 7) is 1.64. The molecule has 0 radical (unpaired) electrons. The van der Waals surface area contributed by atoms with Gasteiger partial charge in [0.15, 0.2) is 0 Å². The standard InChI is InChI=1S/C6H6Br2O/c1-2-3-6(9)5(8)4-7/h5H,4H2,1H3. The second-order valence-electron chi connectivity index (χ2n) is 1.36. The van der Waals surface area contributed by atoms with Gasteiger partial charge in [0.2, 0.25) is 5.78 Å². The third-order valence-corrected chi connectivity index (χ3v) is 2.92. The van der Waals surface area contributed by atoms with E-state index < -0.39 is 0 Å². The predicted octanol–water partition coefficient (Wildman–Crippen LogP) is 1.74. The van der Waals surface area contributed by atoms with Crippen molar-refractivity contribution in [3.63, 3.8) is 0 Å². The van der Waals surface area contributed by atoms with Gasteiger partial charge in [-0.2, -0.15) is 0 Å². The van der Waals surface area contributed by atoms with Gasteiger partial charge in [-0.05, 0) is 12.8 Å². The minimum atomic E-state index is -0.162. The van der Waals surface area contributed by atoms with Crippen molar-refractivity contribution in [3.8, 4) is 11.8 Å². The van der Waals surface area contributed by atoms with Crippen LogP contribution in [-0.4, -0.2) is 15.9 Å². The van der Waals surface area contributed by atoms with E-state index in [0.717, 1.165) is 0 Å². The molecule has 0 aromatic rings. The molecule has 0 aliphatic rings. The second-order valence-corrected chi connectivity index (χ2v) is 3.11. The van der Waals surface area contributed by atoms with Crippen LogP contribution < -0.4 is 0 Å². The van der Waals surface area contributed by atoms with Crippen LogP contribution in [0.4, 0.5) is 0 Å². The molecule has 0 aromatic carbocycles. The maximum Gasteiger partial charge on any atom is 0.219 e. The van der Waals surface area contributed by atoms with Crippen LogP contribution in [0.2, 0.25) is 0 Å². The molecule has 1 nitrogen and oxygen atoms in total. The first-order chi connectivity index (χ1) is 4.22. The summed E-state index contributed by atoms with van der Waals surface area (Å²) in [5, 5.41) is 0.612. The zero-order valence-corrected chi connectivity index (χ0v) is 8.12. The molecule has 0 fully saturated rings. The van der Waals surface area contributed by atoms with Gasteiger partial charge in [-0.15, -0.1) is 0 Å². The van der Waals surface area contributed by atoms with Gasteiger partial charge in [-0.1, -0.05) is 37.8 Å². The fourth-order valence-corrected chi connectivity index (χ4v) is 0.680. The number of carbonyl (C=O) groups excluding carboxylic acids is 1. The highest BCUT2D eigenvalue weighted by Crippen LogP contribution is 2.03. The van der Waals surface area contributed by atoms with Crippen LogP contribution >= 0.6 is 31.9 Å². The van der Waals surface area contributed by atoms with Crippen LogP contribution in [0, 0.1) is 11.8 Å². The summed E-state index contributed by atoms with van der Waals surface area (Å²) in [6, 6.07) is 0. The Hall–Kier alpha value is 0.190. The van der Waals surface area contributed by atoms with Gasteiger partial charge >= 0.3 is 0 Å². The molecule has 0 heterocycles. The second kappa shape index (κ2) is 5.01. The van der Waals surface area contributed by atoms with Crippen molar-refractivity contribution in [2.45, 2.75) is 11.8 Å². The molecule has 1 atom stereocenters. The van der Waals surface area contributed by atoms with Gasteiger partial charge in [0.25, 0.3) is 0 Å². The van der Waals surface area contributed by atoms with Crippen molar-refractivity contribution in [2.75, 3.05) is 5.33 Å². The Morgan fingerprint density at radius 1 is 1.78 bits per heavy atom. The van der Waals surface area contributed by atoms with Crippen LogP contribution in [0.5, 0.6) is 0 Å². The van der Waals surface area contributed by atoms with Gasteiger partial charge in [0.1, 0.15) is 0 Å². The maximum absolute atomic E-state index is 10.7. The number of alkyl halides is 2. The smallest absolute Gasteiger partial charge is 0.219 e. The van der Waals surface area contributed by atoms with Crippen molar-refractivity contribution >= 4 is 37.6 Å². The molecule has 0 rings (SSSR count). The first-order valence-electron chi connectivity index (χ1n) is 2.39. The first kappa shape index (κ1) is 9.19. The summed E-state index contributed by atoms with van der Waals surface area (Å²) in [4.78, 5) is 10.6. The molecule has 3 heteroatoms. The molecular weight excluding hydrogens is 248 g/mol. The Morgan fingerprint density at radius 2 is 2.33 bits per heavy atom. The lowest BCUT2D eigenvalue weighted by molar-refractivity contribution is -0.112. The number of rotatable bonds is 2. The summed E-state index contributed by atoms with van der Waals surface area (Å²) in [5.74, 6) is 4.89. The van der Waals surface area contributed by atoms with E-state index >= 15 is 0 Å². The van der Waals surface area contributed by atoms with Crippen LogP contribution in [0.1, 0.15) is 6.92 Å². The molecule has 0 N–H and O–H groups in total. The summed E-state index contributed by atoms with van der Waals surface area (Å²) in [6.07, 6.45) is 0. The topological polar surface area (TPSA) is 17.1 Å². The van der Waals surface area contributed by atoms with Gasteiger partial charge < -0.3 is 0 Å². The van der Waals surface area contributed by atoms with Gasteiger partial charge in [-0.3, -0.25) is 4.79 Å². The summed E-state index contributed by atoms with van der Waals surface area (Å²) in [7, 11) is 0. The SMILES string of the molecule is CC#CC(=O)C(Br)CBr. The molecule has 0 bridgehead atoms. The molecule has 0 saturated carbocycles. The Bertz CT molecular complexity index is 154. The number of Topliss-reactive ketones (excluding diaryl/α,β-unsaturated/α-hetero) is 1. The lowest BCUT2D eigenvalue weighted by Crippen LogP contribution is -2.12. The monoisotopic (exact) mass is 252 g/mol.